The van der Waals surface area contributed by atoms with E-state index in [0.29, 0.717) is 24.9 Å². The Hall–Kier alpha value is -3.38. The van der Waals surface area contributed by atoms with Crippen LogP contribution in [0.5, 0.6) is 5.75 Å². The molecule has 0 saturated carbocycles. The summed E-state index contributed by atoms with van der Waals surface area (Å²) in [5.74, 6) is 1.86. The molecular weight excluding hydrogens is 484 g/mol. The van der Waals surface area contributed by atoms with Crippen LogP contribution in [-0.2, 0) is 6.54 Å². The van der Waals surface area contributed by atoms with E-state index in [1.54, 1.807) is 7.11 Å². The third kappa shape index (κ3) is 6.44. The Balaban J connectivity index is 1.21. The molecule has 2 fully saturated rings. The van der Waals surface area contributed by atoms with Gasteiger partial charge < -0.3 is 14.5 Å². The normalized spacial score (nSPS) is 17.1. The lowest BCUT2D eigenvalue weighted by Crippen LogP contribution is -2.49. The van der Waals surface area contributed by atoms with Crippen LogP contribution in [0.1, 0.15) is 71.4 Å². The van der Waals surface area contributed by atoms with Crippen LogP contribution >= 0.6 is 0 Å². The maximum Gasteiger partial charge on any atom is 0.255 e. The number of methoxy groups -OCH3 is 1. The summed E-state index contributed by atoms with van der Waals surface area (Å²) in [5.41, 5.74) is 6.67. The van der Waals surface area contributed by atoms with Crippen LogP contribution in [0, 0.1) is 6.92 Å². The van der Waals surface area contributed by atoms with Gasteiger partial charge in [0.15, 0.2) is 0 Å². The van der Waals surface area contributed by atoms with E-state index in [9.17, 15) is 4.79 Å². The third-order valence-corrected chi connectivity index (χ3v) is 8.31. The van der Waals surface area contributed by atoms with Gasteiger partial charge in [0.2, 0.25) is 0 Å². The molecule has 206 valence electrons. The molecule has 0 atom stereocenters. The number of rotatable bonds is 7. The smallest absolute Gasteiger partial charge is 0.255 e. The lowest BCUT2D eigenvalue weighted by Gasteiger charge is -2.37. The van der Waals surface area contributed by atoms with Gasteiger partial charge in [0.1, 0.15) is 5.75 Å². The minimum absolute atomic E-state index is 0.121. The van der Waals surface area contributed by atoms with Crippen molar-refractivity contribution in [3.8, 4) is 5.75 Å². The van der Waals surface area contributed by atoms with E-state index in [-0.39, 0.29) is 5.91 Å². The fraction of sp³-hybridized carbons (Fsp3) is 0.455. The maximum atomic E-state index is 13.7. The number of piperazine rings is 1. The van der Waals surface area contributed by atoms with Crippen molar-refractivity contribution >= 4 is 11.6 Å². The predicted octanol–water partition coefficient (Wildman–Crippen LogP) is 5.86. The van der Waals surface area contributed by atoms with Gasteiger partial charge in [-0.05, 0) is 74.2 Å². The largest absolute Gasteiger partial charge is 0.497 e. The first-order chi connectivity index (χ1) is 18.9. The highest BCUT2D eigenvalue weighted by Gasteiger charge is 2.29. The number of aryl methyl sites for hydroxylation is 1. The molecule has 6 heteroatoms. The Kier molecular flexibility index (Phi) is 8.51. The molecule has 1 amide bonds. The molecule has 0 radical (unpaired) electrons. The van der Waals surface area contributed by atoms with Crippen LogP contribution in [0.3, 0.4) is 0 Å². The molecule has 5 rings (SSSR count). The van der Waals surface area contributed by atoms with Gasteiger partial charge in [-0.15, -0.1) is 0 Å². The Morgan fingerprint density at radius 3 is 2.33 bits per heavy atom. The van der Waals surface area contributed by atoms with Crippen molar-refractivity contribution in [2.45, 2.75) is 52.0 Å². The minimum atomic E-state index is 0.121. The van der Waals surface area contributed by atoms with E-state index >= 15 is 0 Å². The summed E-state index contributed by atoms with van der Waals surface area (Å²) in [4.78, 5) is 25.5. The standard InChI is InChI=1S/C33H42N4O2/c1-24(2)27-11-9-26(10-12-27)23-35-16-14-28(15-17-35)32-31(13-8-25(3)34-32)33(38)37-20-18-36(19-21-37)29-6-5-7-30(22-29)39-4/h5-13,22,24,28H,14-21,23H2,1-4H3. The second-order valence-electron chi connectivity index (χ2n) is 11.3. The SMILES string of the molecule is COc1cccc(N2CCN(C(=O)c3ccc(C)nc3C3CCN(Cc4ccc(C(C)C)cc4)CC3)CC2)c1. The fourth-order valence-electron chi connectivity index (χ4n) is 5.84. The van der Waals surface area contributed by atoms with E-state index in [1.807, 2.05) is 36.1 Å². The number of benzene rings is 2. The summed E-state index contributed by atoms with van der Waals surface area (Å²) in [7, 11) is 1.69. The number of likely N-dealkylation sites (tertiary alicyclic amines) is 1. The number of hydrogen-bond acceptors (Lipinski definition) is 5. The van der Waals surface area contributed by atoms with E-state index in [0.717, 1.165) is 74.0 Å². The molecule has 2 aliphatic rings. The summed E-state index contributed by atoms with van der Waals surface area (Å²) < 4.78 is 5.39. The zero-order chi connectivity index (χ0) is 27.4. The monoisotopic (exact) mass is 526 g/mol. The third-order valence-electron chi connectivity index (χ3n) is 8.31. The van der Waals surface area contributed by atoms with Gasteiger partial charge in [-0.2, -0.15) is 0 Å². The van der Waals surface area contributed by atoms with Gasteiger partial charge >= 0.3 is 0 Å². The zero-order valence-electron chi connectivity index (χ0n) is 23.9. The number of carbonyl (C=O) groups excluding carboxylic acids is 1. The Labute approximate surface area is 233 Å². The first-order valence-electron chi connectivity index (χ1n) is 14.4. The number of anilines is 1. The van der Waals surface area contributed by atoms with Gasteiger partial charge in [0, 0.05) is 56.1 Å². The van der Waals surface area contributed by atoms with Crippen molar-refractivity contribution in [2.75, 3.05) is 51.3 Å². The summed E-state index contributed by atoms with van der Waals surface area (Å²) in [6.45, 7) is 12.6. The molecule has 0 bridgehead atoms. The van der Waals surface area contributed by atoms with Crippen molar-refractivity contribution in [3.05, 3.63) is 88.7 Å². The van der Waals surface area contributed by atoms with Crippen molar-refractivity contribution in [2.24, 2.45) is 0 Å². The number of aromatic nitrogens is 1. The van der Waals surface area contributed by atoms with Crippen molar-refractivity contribution in [1.29, 1.82) is 0 Å². The van der Waals surface area contributed by atoms with Gasteiger partial charge in [0.25, 0.3) is 5.91 Å². The minimum Gasteiger partial charge on any atom is -0.497 e. The van der Waals surface area contributed by atoms with Crippen molar-refractivity contribution < 1.29 is 9.53 Å². The predicted molar refractivity (Wildman–Crippen MR) is 158 cm³/mol. The molecule has 39 heavy (non-hydrogen) atoms. The van der Waals surface area contributed by atoms with Crippen LogP contribution in [0.25, 0.3) is 0 Å². The lowest BCUT2D eigenvalue weighted by molar-refractivity contribution is 0.0743. The second-order valence-corrected chi connectivity index (χ2v) is 11.3. The molecule has 2 aromatic carbocycles. The van der Waals surface area contributed by atoms with E-state index in [2.05, 4.69) is 60.0 Å². The molecule has 2 aliphatic heterocycles. The molecule has 6 nitrogen and oxygen atoms in total. The lowest BCUT2D eigenvalue weighted by atomic mass is 9.89. The molecule has 0 aliphatic carbocycles. The zero-order valence-corrected chi connectivity index (χ0v) is 23.9. The average Bonchev–Trinajstić information content (AvgIpc) is 2.97. The summed E-state index contributed by atoms with van der Waals surface area (Å²) in [6.07, 6.45) is 2.06. The summed E-state index contributed by atoms with van der Waals surface area (Å²) in [5, 5.41) is 0. The van der Waals surface area contributed by atoms with Crippen LogP contribution in [0.2, 0.25) is 0 Å². The molecule has 2 saturated heterocycles. The Morgan fingerprint density at radius 1 is 0.949 bits per heavy atom. The summed E-state index contributed by atoms with van der Waals surface area (Å²) in [6, 6.07) is 21.2. The Morgan fingerprint density at radius 2 is 1.67 bits per heavy atom. The van der Waals surface area contributed by atoms with Crippen LogP contribution < -0.4 is 9.64 Å². The quantitative estimate of drug-likeness (QED) is 0.386. The number of nitrogens with zero attached hydrogens (tertiary/aromatic N) is 4. The van der Waals surface area contributed by atoms with Crippen molar-refractivity contribution in [1.82, 2.24) is 14.8 Å². The fourth-order valence-corrected chi connectivity index (χ4v) is 5.84. The molecule has 3 heterocycles. The second kappa shape index (κ2) is 12.2. The Bertz CT molecular complexity index is 1260. The molecule has 0 spiro atoms. The number of hydrogen-bond donors (Lipinski definition) is 0. The van der Waals surface area contributed by atoms with Crippen LogP contribution in [0.15, 0.2) is 60.7 Å². The van der Waals surface area contributed by atoms with Crippen LogP contribution in [0.4, 0.5) is 5.69 Å². The molecule has 3 aromatic rings. The molecule has 0 N–H and O–H groups in total. The molecular formula is C33H42N4O2. The van der Waals surface area contributed by atoms with E-state index in [4.69, 9.17) is 9.72 Å². The summed E-state index contributed by atoms with van der Waals surface area (Å²) >= 11 is 0. The van der Waals surface area contributed by atoms with E-state index in [1.165, 1.54) is 11.1 Å². The van der Waals surface area contributed by atoms with Gasteiger partial charge in [-0.25, -0.2) is 0 Å². The average molecular weight is 527 g/mol. The number of amides is 1. The highest BCUT2D eigenvalue weighted by atomic mass is 16.5. The maximum absolute atomic E-state index is 13.7. The number of carbonyl (C=O) groups is 1. The van der Waals surface area contributed by atoms with Gasteiger partial charge in [-0.3, -0.25) is 14.7 Å². The van der Waals surface area contributed by atoms with E-state index < -0.39 is 0 Å². The number of piperidine rings is 1. The molecule has 0 unspecified atom stereocenters. The van der Waals surface area contributed by atoms with Crippen molar-refractivity contribution in [3.63, 3.8) is 0 Å². The number of pyridine rings is 1. The number of ether oxygens (including phenoxy) is 1. The highest BCUT2D eigenvalue weighted by molar-refractivity contribution is 5.95. The molecule has 1 aromatic heterocycles. The van der Waals surface area contributed by atoms with Gasteiger partial charge in [-0.1, -0.05) is 44.2 Å². The topological polar surface area (TPSA) is 48.9 Å². The first-order valence-corrected chi connectivity index (χ1v) is 14.4. The highest BCUT2D eigenvalue weighted by Crippen LogP contribution is 2.31. The van der Waals surface area contributed by atoms with Gasteiger partial charge in [0.05, 0.1) is 18.4 Å². The van der Waals surface area contributed by atoms with Crippen LogP contribution in [-0.4, -0.2) is 67.1 Å². The first kappa shape index (κ1) is 27.2.